The second kappa shape index (κ2) is 7.04. The van der Waals surface area contributed by atoms with E-state index in [2.05, 4.69) is 43.1 Å². The van der Waals surface area contributed by atoms with E-state index < -0.39 is 0 Å². The number of hydrogen-bond donors (Lipinski definition) is 1. The van der Waals surface area contributed by atoms with Crippen molar-refractivity contribution in [2.45, 2.75) is 65.1 Å². The number of hydrogen-bond acceptors (Lipinski definition) is 2. The molecule has 0 unspecified atom stereocenters. The summed E-state index contributed by atoms with van der Waals surface area (Å²) in [6.45, 7) is 7.84. The molecule has 4 atom stereocenters. The van der Waals surface area contributed by atoms with Crippen LogP contribution < -0.4 is 5.32 Å². The predicted octanol–water partition coefficient (Wildman–Crippen LogP) is 4.36. The molecule has 1 aromatic carbocycles. The molecule has 1 heterocycles. The normalized spacial score (nSPS) is 30.6. The third kappa shape index (κ3) is 3.03. The van der Waals surface area contributed by atoms with Crippen molar-refractivity contribution >= 4 is 5.91 Å². The van der Waals surface area contributed by atoms with Gasteiger partial charge in [0.05, 0.1) is 0 Å². The van der Waals surface area contributed by atoms with Gasteiger partial charge in [0.2, 0.25) is 0 Å². The van der Waals surface area contributed by atoms with Crippen LogP contribution in [0.2, 0.25) is 0 Å². The highest BCUT2D eigenvalue weighted by Gasteiger charge is 2.43. The molecule has 1 saturated carbocycles. The molecule has 3 rings (SSSR count). The fourth-order valence-electron chi connectivity index (χ4n) is 4.25. The van der Waals surface area contributed by atoms with Crippen molar-refractivity contribution in [3.63, 3.8) is 0 Å². The minimum atomic E-state index is 0.0583. The number of rotatable bonds is 5. The number of nitrogens with zero attached hydrogens (tertiary/aromatic N) is 1. The van der Waals surface area contributed by atoms with E-state index in [1.54, 1.807) is 0 Å². The molecule has 0 bridgehead atoms. The molecule has 1 fully saturated rings. The van der Waals surface area contributed by atoms with E-state index in [1.807, 2.05) is 12.1 Å². The standard InChI is InChI=1S/C20H30N2O/c1-4-5-13-21-19-16-10-6-7-11-17(16)20(23)22(19)18-12-8-9-14(2)15(18)3/h6-7,10-11,14-15,18-19,21H,4-5,8-9,12-13H2,1-3H3/t14-,15+,18+,19-/m0/s1. The highest BCUT2D eigenvalue weighted by Crippen LogP contribution is 2.41. The first-order valence-electron chi connectivity index (χ1n) is 9.30. The summed E-state index contributed by atoms with van der Waals surface area (Å²) in [6.07, 6.45) is 6.04. The second-order valence-corrected chi connectivity index (χ2v) is 7.34. The molecule has 1 aliphatic heterocycles. The van der Waals surface area contributed by atoms with Gasteiger partial charge >= 0.3 is 0 Å². The molecule has 2 aliphatic rings. The Kier molecular flexibility index (Phi) is 5.05. The van der Waals surface area contributed by atoms with Crippen LogP contribution >= 0.6 is 0 Å². The number of benzene rings is 1. The third-order valence-electron chi connectivity index (χ3n) is 5.89. The molecule has 0 aromatic heterocycles. The van der Waals surface area contributed by atoms with Gasteiger partial charge < -0.3 is 4.90 Å². The first kappa shape index (κ1) is 16.5. The molecular weight excluding hydrogens is 284 g/mol. The molecule has 0 saturated heterocycles. The van der Waals surface area contributed by atoms with Gasteiger partial charge in [0, 0.05) is 17.2 Å². The van der Waals surface area contributed by atoms with E-state index in [9.17, 15) is 4.79 Å². The number of carbonyl (C=O) groups is 1. The molecule has 0 radical (unpaired) electrons. The van der Waals surface area contributed by atoms with Crippen LogP contribution in [0.5, 0.6) is 0 Å². The van der Waals surface area contributed by atoms with Crippen molar-refractivity contribution in [2.24, 2.45) is 11.8 Å². The van der Waals surface area contributed by atoms with Gasteiger partial charge in [0.25, 0.3) is 5.91 Å². The van der Waals surface area contributed by atoms with Crippen molar-refractivity contribution < 1.29 is 4.79 Å². The smallest absolute Gasteiger partial charge is 0.256 e. The maximum Gasteiger partial charge on any atom is 0.256 e. The molecule has 3 heteroatoms. The predicted molar refractivity (Wildman–Crippen MR) is 94.2 cm³/mol. The zero-order valence-corrected chi connectivity index (χ0v) is 14.7. The van der Waals surface area contributed by atoms with Gasteiger partial charge in [-0.1, -0.05) is 58.2 Å². The van der Waals surface area contributed by atoms with E-state index >= 15 is 0 Å². The third-order valence-corrected chi connectivity index (χ3v) is 5.89. The summed E-state index contributed by atoms with van der Waals surface area (Å²) in [5, 5.41) is 3.66. The molecule has 1 aromatic rings. The van der Waals surface area contributed by atoms with Gasteiger partial charge in [-0.2, -0.15) is 0 Å². The zero-order valence-electron chi connectivity index (χ0n) is 14.7. The maximum atomic E-state index is 13.1. The lowest BCUT2D eigenvalue weighted by Crippen LogP contribution is -2.49. The summed E-state index contributed by atoms with van der Waals surface area (Å²) in [6, 6.07) is 8.50. The Balaban J connectivity index is 1.89. The highest BCUT2D eigenvalue weighted by atomic mass is 16.2. The summed E-state index contributed by atoms with van der Waals surface area (Å²) in [7, 11) is 0. The quantitative estimate of drug-likeness (QED) is 0.819. The Morgan fingerprint density at radius 3 is 2.78 bits per heavy atom. The Bertz CT molecular complexity index is 556. The Morgan fingerprint density at radius 2 is 2.00 bits per heavy atom. The lowest BCUT2D eigenvalue weighted by Gasteiger charge is -2.42. The number of fused-ring (bicyclic) bond motifs is 1. The van der Waals surface area contributed by atoms with Crippen molar-refractivity contribution in [2.75, 3.05) is 6.54 Å². The monoisotopic (exact) mass is 314 g/mol. The average molecular weight is 314 g/mol. The molecule has 23 heavy (non-hydrogen) atoms. The second-order valence-electron chi connectivity index (χ2n) is 7.34. The van der Waals surface area contributed by atoms with E-state index in [0.29, 0.717) is 17.9 Å². The first-order valence-corrected chi connectivity index (χ1v) is 9.30. The van der Waals surface area contributed by atoms with Gasteiger partial charge in [-0.25, -0.2) is 0 Å². The number of unbranched alkanes of at least 4 members (excludes halogenated alkanes) is 1. The van der Waals surface area contributed by atoms with Crippen LogP contribution in [0.25, 0.3) is 0 Å². The minimum Gasteiger partial charge on any atom is -0.316 e. The lowest BCUT2D eigenvalue weighted by molar-refractivity contribution is 0.0321. The summed E-state index contributed by atoms with van der Waals surface area (Å²) >= 11 is 0. The molecule has 1 amide bonds. The average Bonchev–Trinajstić information content (AvgIpc) is 2.84. The van der Waals surface area contributed by atoms with Gasteiger partial charge in [-0.15, -0.1) is 0 Å². The number of carbonyl (C=O) groups excluding carboxylic acids is 1. The molecular formula is C20H30N2O. The van der Waals surface area contributed by atoms with Gasteiger partial charge in [-0.3, -0.25) is 10.1 Å². The summed E-state index contributed by atoms with van der Waals surface area (Å²) in [4.78, 5) is 15.2. The number of nitrogens with one attached hydrogen (secondary N) is 1. The van der Waals surface area contributed by atoms with E-state index in [1.165, 1.54) is 24.8 Å². The maximum absolute atomic E-state index is 13.1. The fraction of sp³-hybridized carbons (Fsp3) is 0.650. The van der Waals surface area contributed by atoms with Gasteiger partial charge in [0.15, 0.2) is 0 Å². The van der Waals surface area contributed by atoms with Crippen molar-refractivity contribution in [3.05, 3.63) is 35.4 Å². The summed E-state index contributed by atoms with van der Waals surface area (Å²) < 4.78 is 0. The Hall–Kier alpha value is -1.35. The van der Waals surface area contributed by atoms with Crippen molar-refractivity contribution in [1.29, 1.82) is 0 Å². The van der Waals surface area contributed by atoms with Crippen LogP contribution in [-0.2, 0) is 0 Å². The molecule has 1 N–H and O–H groups in total. The largest absolute Gasteiger partial charge is 0.316 e. The van der Waals surface area contributed by atoms with E-state index in [0.717, 1.165) is 24.9 Å². The topological polar surface area (TPSA) is 32.3 Å². The summed E-state index contributed by atoms with van der Waals surface area (Å²) in [5.74, 6) is 1.49. The van der Waals surface area contributed by atoms with E-state index in [-0.39, 0.29) is 12.1 Å². The van der Waals surface area contributed by atoms with Crippen LogP contribution in [0.3, 0.4) is 0 Å². The lowest BCUT2D eigenvalue weighted by atomic mass is 9.77. The first-order chi connectivity index (χ1) is 11.1. The Labute approximate surface area is 140 Å². The van der Waals surface area contributed by atoms with Crippen LogP contribution in [0, 0.1) is 11.8 Å². The Morgan fingerprint density at radius 1 is 1.22 bits per heavy atom. The van der Waals surface area contributed by atoms with Crippen molar-refractivity contribution in [1.82, 2.24) is 10.2 Å². The van der Waals surface area contributed by atoms with Gasteiger partial charge in [-0.05, 0) is 37.3 Å². The zero-order chi connectivity index (χ0) is 16.4. The van der Waals surface area contributed by atoms with Crippen LogP contribution in [0.4, 0.5) is 0 Å². The van der Waals surface area contributed by atoms with Crippen LogP contribution in [0.1, 0.15) is 75.0 Å². The number of amides is 1. The molecule has 3 nitrogen and oxygen atoms in total. The van der Waals surface area contributed by atoms with Crippen molar-refractivity contribution in [3.8, 4) is 0 Å². The van der Waals surface area contributed by atoms with Crippen LogP contribution in [0.15, 0.2) is 24.3 Å². The van der Waals surface area contributed by atoms with Gasteiger partial charge in [0.1, 0.15) is 6.17 Å². The highest BCUT2D eigenvalue weighted by molar-refractivity contribution is 5.99. The SMILES string of the molecule is CCCCN[C@@H]1c2ccccc2C(=O)N1[C@@H]1CCC[C@H](C)[C@H]1C. The van der Waals surface area contributed by atoms with Crippen LogP contribution in [-0.4, -0.2) is 23.4 Å². The fourth-order valence-corrected chi connectivity index (χ4v) is 4.25. The summed E-state index contributed by atoms with van der Waals surface area (Å²) in [5.41, 5.74) is 2.06. The molecule has 126 valence electrons. The molecule has 0 spiro atoms. The van der Waals surface area contributed by atoms with E-state index in [4.69, 9.17) is 0 Å². The molecule has 1 aliphatic carbocycles. The minimum absolute atomic E-state index is 0.0583.